The fraction of sp³-hybridized carbons (Fsp3) is 0.538. The lowest BCUT2D eigenvalue weighted by Crippen LogP contribution is -2.31. The molecule has 1 saturated heterocycles. The average molecular weight is 268 g/mol. The van der Waals surface area contributed by atoms with E-state index in [-0.39, 0.29) is 23.5 Å². The number of amides is 1. The molecule has 19 heavy (non-hydrogen) atoms. The molecule has 1 aromatic heterocycles. The van der Waals surface area contributed by atoms with Crippen LogP contribution in [0, 0.1) is 23.6 Å². The van der Waals surface area contributed by atoms with Crippen molar-refractivity contribution in [3.8, 4) is 0 Å². The fourth-order valence-electron chi connectivity index (χ4n) is 3.16. The van der Waals surface area contributed by atoms with Gasteiger partial charge in [-0.1, -0.05) is 0 Å². The van der Waals surface area contributed by atoms with E-state index in [4.69, 9.17) is 0 Å². The largest absolute Gasteiger partial charge is 0.393 e. The number of hydrogen-bond acceptors (Lipinski definition) is 3. The summed E-state index contributed by atoms with van der Waals surface area (Å²) in [7, 11) is 0. The zero-order chi connectivity index (χ0) is 13.6. The molecular formula is C13H14F2N2O2. The van der Waals surface area contributed by atoms with Crippen molar-refractivity contribution in [2.45, 2.75) is 18.9 Å². The molecule has 0 radical (unpaired) electrons. The molecule has 3 unspecified atom stereocenters. The highest BCUT2D eigenvalue weighted by Gasteiger charge is 2.43. The Morgan fingerprint density at radius 2 is 2.16 bits per heavy atom. The lowest BCUT2D eigenvalue weighted by atomic mass is 10.00. The third kappa shape index (κ3) is 2.00. The molecule has 2 aliphatic rings. The van der Waals surface area contributed by atoms with Crippen molar-refractivity contribution in [1.29, 1.82) is 0 Å². The molecule has 3 atom stereocenters. The maximum absolute atomic E-state index is 13.5. The molecule has 1 N–H and O–H groups in total. The van der Waals surface area contributed by atoms with E-state index in [1.165, 1.54) is 11.0 Å². The quantitative estimate of drug-likeness (QED) is 0.779. The zero-order valence-corrected chi connectivity index (χ0v) is 10.2. The van der Waals surface area contributed by atoms with Crippen LogP contribution in [0.4, 0.5) is 8.78 Å². The maximum Gasteiger partial charge on any atom is 0.257 e. The molecule has 2 heterocycles. The van der Waals surface area contributed by atoms with Gasteiger partial charge in [0.05, 0.1) is 11.7 Å². The number of carbonyl (C=O) groups is 1. The molecular weight excluding hydrogens is 254 g/mol. The van der Waals surface area contributed by atoms with Crippen LogP contribution in [0.2, 0.25) is 0 Å². The second-order valence-corrected chi connectivity index (χ2v) is 5.24. The van der Waals surface area contributed by atoms with Gasteiger partial charge in [-0.3, -0.25) is 4.79 Å². The van der Waals surface area contributed by atoms with Gasteiger partial charge in [-0.25, -0.2) is 9.37 Å². The predicted octanol–water partition coefficient (Wildman–Crippen LogP) is 1.20. The minimum Gasteiger partial charge on any atom is -0.393 e. The summed E-state index contributed by atoms with van der Waals surface area (Å²) in [6, 6.07) is 1.19. The number of aliphatic hydroxyl groups is 1. The highest BCUT2D eigenvalue weighted by Crippen LogP contribution is 2.38. The van der Waals surface area contributed by atoms with Crippen LogP contribution in [0.3, 0.4) is 0 Å². The van der Waals surface area contributed by atoms with Crippen LogP contribution in [0.5, 0.6) is 0 Å². The Kier molecular flexibility index (Phi) is 2.97. The number of rotatable bonds is 1. The van der Waals surface area contributed by atoms with Gasteiger partial charge in [-0.15, -0.1) is 0 Å². The lowest BCUT2D eigenvalue weighted by molar-refractivity contribution is 0.0746. The number of nitrogens with zero attached hydrogens (tertiary/aromatic N) is 2. The molecule has 1 aliphatic carbocycles. The summed E-state index contributed by atoms with van der Waals surface area (Å²) in [5.74, 6) is -2.65. The minimum atomic E-state index is -1.26. The van der Waals surface area contributed by atoms with Gasteiger partial charge in [-0.2, -0.15) is 4.39 Å². The van der Waals surface area contributed by atoms with Crippen molar-refractivity contribution < 1.29 is 18.7 Å². The van der Waals surface area contributed by atoms with Crippen molar-refractivity contribution in [2.75, 3.05) is 13.1 Å². The normalized spacial score (nSPS) is 29.6. The minimum absolute atomic E-state index is 0.0682. The van der Waals surface area contributed by atoms with Crippen LogP contribution in [0.1, 0.15) is 23.2 Å². The smallest absolute Gasteiger partial charge is 0.257 e. The first-order valence-electron chi connectivity index (χ1n) is 6.35. The summed E-state index contributed by atoms with van der Waals surface area (Å²) >= 11 is 0. The summed E-state index contributed by atoms with van der Waals surface area (Å²) in [5, 5.41) is 9.79. The number of carbonyl (C=O) groups excluding carboxylic acids is 1. The van der Waals surface area contributed by atoms with Crippen LogP contribution < -0.4 is 0 Å². The number of hydrogen-bond donors (Lipinski definition) is 1. The van der Waals surface area contributed by atoms with Gasteiger partial charge in [0.15, 0.2) is 5.82 Å². The van der Waals surface area contributed by atoms with Gasteiger partial charge in [0, 0.05) is 25.2 Å². The second-order valence-electron chi connectivity index (χ2n) is 5.24. The number of likely N-dealkylation sites (tertiary alicyclic amines) is 1. The molecule has 3 rings (SSSR count). The molecule has 6 heteroatoms. The molecule has 4 nitrogen and oxygen atoms in total. The molecule has 0 bridgehead atoms. The van der Waals surface area contributed by atoms with Crippen molar-refractivity contribution in [1.82, 2.24) is 9.88 Å². The average Bonchev–Trinajstić information content (AvgIpc) is 2.95. The van der Waals surface area contributed by atoms with Crippen molar-refractivity contribution in [2.24, 2.45) is 11.8 Å². The van der Waals surface area contributed by atoms with Gasteiger partial charge in [-0.05, 0) is 24.8 Å². The fourth-order valence-corrected chi connectivity index (χ4v) is 3.16. The van der Waals surface area contributed by atoms with E-state index in [9.17, 15) is 18.7 Å². The van der Waals surface area contributed by atoms with Crippen molar-refractivity contribution >= 4 is 5.91 Å². The monoisotopic (exact) mass is 268 g/mol. The van der Waals surface area contributed by atoms with E-state index >= 15 is 0 Å². The van der Waals surface area contributed by atoms with Crippen LogP contribution in [0.25, 0.3) is 0 Å². The Morgan fingerprint density at radius 3 is 2.89 bits per heavy atom. The van der Waals surface area contributed by atoms with Crippen molar-refractivity contribution in [3.05, 3.63) is 29.6 Å². The van der Waals surface area contributed by atoms with Crippen LogP contribution in [-0.2, 0) is 0 Å². The summed E-state index contributed by atoms with van der Waals surface area (Å²) < 4.78 is 26.6. The summed E-state index contributed by atoms with van der Waals surface area (Å²) in [6.45, 7) is 0.915. The first kappa shape index (κ1) is 12.5. The molecule has 1 aliphatic heterocycles. The van der Waals surface area contributed by atoms with Gasteiger partial charge in [0.25, 0.3) is 5.91 Å². The Labute approximate surface area is 109 Å². The molecule has 0 aromatic carbocycles. The first-order valence-corrected chi connectivity index (χ1v) is 6.35. The van der Waals surface area contributed by atoms with Gasteiger partial charge in [0.2, 0.25) is 5.95 Å². The number of aromatic nitrogens is 1. The molecule has 102 valence electrons. The zero-order valence-electron chi connectivity index (χ0n) is 10.2. The molecule has 1 saturated carbocycles. The number of fused-ring (bicyclic) bond motifs is 1. The van der Waals surface area contributed by atoms with Gasteiger partial charge in [0.1, 0.15) is 0 Å². The molecule has 1 aromatic rings. The van der Waals surface area contributed by atoms with Crippen LogP contribution >= 0.6 is 0 Å². The topological polar surface area (TPSA) is 53.4 Å². The summed E-state index contributed by atoms with van der Waals surface area (Å²) in [4.78, 5) is 16.8. The van der Waals surface area contributed by atoms with Crippen molar-refractivity contribution in [3.63, 3.8) is 0 Å². The molecule has 0 spiro atoms. The Hall–Kier alpha value is -1.56. The van der Waals surface area contributed by atoms with Gasteiger partial charge < -0.3 is 10.0 Å². The number of pyridine rings is 1. The Morgan fingerprint density at radius 1 is 1.37 bits per heavy atom. The lowest BCUT2D eigenvalue weighted by Gasteiger charge is -2.18. The van der Waals surface area contributed by atoms with E-state index in [1.807, 2.05) is 0 Å². The second kappa shape index (κ2) is 4.52. The SMILES string of the molecule is O=C(c1ccnc(F)c1F)N1CC2CCC(O)C2C1. The third-order valence-electron chi connectivity index (χ3n) is 4.18. The van der Waals surface area contributed by atoms with E-state index in [0.717, 1.165) is 19.0 Å². The highest BCUT2D eigenvalue weighted by molar-refractivity contribution is 5.94. The van der Waals surface area contributed by atoms with E-state index < -0.39 is 17.7 Å². The summed E-state index contributed by atoms with van der Waals surface area (Å²) in [6.07, 6.45) is 2.33. The van der Waals surface area contributed by atoms with Crippen LogP contribution in [0.15, 0.2) is 12.3 Å². The van der Waals surface area contributed by atoms with E-state index in [0.29, 0.717) is 13.1 Å². The molecule has 1 amide bonds. The Balaban J connectivity index is 1.81. The first-order chi connectivity index (χ1) is 9.08. The van der Waals surface area contributed by atoms with Gasteiger partial charge >= 0.3 is 0 Å². The number of halogens is 2. The maximum atomic E-state index is 13.5. The summed E-state index contributed by atoms with van der Waals surface area (Å²) in [5.41, 5.74) is -0.290. The van der Waals surface area contributed by atoms with Crippen LogP contribution in [-0.4, -0.2) is 40.1 Å². The third-order valence-corrected chi connectivity index (χ3v) is 4.18. The molecule has 2 fully saturated rings. The van der Waals surface area contributed by atoms with E-state index in [1.54, 1.807) is 0 Å². The van der Waals surface area contributed by atoms with E-state index in [2.05, 4.69) is 4.98 Å². The number of aliphatic hydroxyl groups excluding tert-OH is 1. The standard InChI is InChI=1S/C13H14F2N2O2/c14-11-8(3-4-16-12(11)15)13(19)17-5-7-1-2-10(18)9(7)6-17/h3-4,7,9-10,18H,1-2,5-6H2. The Bertz CT molecular complexity index is 523. The highest BCUT2D eigenvalue weighted by atomic mass is 19.2. The predicted molar refractivity (Wildman–Crippen MR) is 62.3 cm³/mol.